The normalized spacial score (nSPS) is 18.6. The number of aliphatic hydroxyl groups excluding tert-OH is 1. The van der Waals surface area contributed by atoms with Crippen molar-refractivity contribution >= 4 is 11.6 Å². The van der Waals surface area contributed by atoms with E-state index in [1.165, 1.54) is 5.56 Å². The van der Waals surface area contributed by atoms with Gasteiger partial charge in [0, 0.05) is 17.9 Å². The van der Waals surface area contributed by atoms with Gasteiger partial charge in [0.1, 0.15) is 6.54 Å². The molecular formula is C16H19N3O2. The summed E-state index contributed by atoms with van der Waals surface area (Å²) in [5, 5.41) is 13.7. The third-order valence-electron chi connectivity index (χ3n) is 3.86. The first-order chi connectivity index (χ1) is 10.1. The van der Waals surface area contributed by atoms with E-state index in [9.17, 15) is 9.90 Å². The Labute approximate surface area is 123 Å². The van der Waals surface area contributed by atoms with Gasteiger partial charge in [0.2, 0.25) is 5.91 Å². The highest BCUT2D eigenvalue weighted by atomic mass is 16.3. The molecular weight excluding hydrogens is 266 g/mol. The maximum absolute atomic E-state index is 12.6. The van der Waals surface area contributed by atoms with E-state index >= 15 is 0 Å². The number of nitrogens with zero attached hydrogens (tertiary/aromatic N) is 3. The highest BCUT2D eigenvalue weighted by Gasteiger charge is 2.30. The number of aromatic nitrogens is 2. The van der Waals surface area contributed by atoms with Crippen LogP contribution in [0.15, 0.2) is 36.5 Å². The minimum atomic E-state index is -0.618. The summed E-state index contributed by atoms with van der Waals surface area (Å²) in [5.74, 6) is 0.0210. The quantitative estimate of drug-likeness (QED) is 0.937. The van der Waals surface area contributed by atoms with Gasteiger partial charge >= 0.3 is 0 Å². The van der Waals surface area contributed by atoms with Crippen LogP contribution in [0.3, 0.4) is 0 Å². The number of carbonyl (C=O) groups excluding carboxylic acids is 1. The molecule has 0 fully saturated rings. The van der Waals surface area contributed by atoms with Crippen molar-refractivity contribution in [2.75, 3.05) is 4.90 Å². The van der Waals surface area contributed by atoms with Crippen LogP contribution in [-0.2, 0) is 17.8 Å². The number of hydrogen-bond acceptors (Lipinski definition) is 3. The van der Waals surface area contributed by atoms with Crippen LogP contribution in [0.5, 0.6) is 0 Å². The summed E-state index contributed by atoms with van der Waals surface area (Å²) in [4.78, 5) is 14.4. The van der Waals surface area contributed by atoms with Crippen molar-refractivity contribution in [1.29, 1.82) is 0 Å². The molecule has 0 aliphatic carbocycles. The monoisotopic (exact) mass is 285 g/mol. The van der Waals surface area contributed by atoms with Gasteiger partial charge in [-0.2, -0.15) is 5.10 Å². The van der Waals surface area contributed by atoms with E-state index in [1.807, 2.05) is 23.1 Å². The van der Waals surface area contributed by atoms with Crippen LogP contribution >= 0.6 is 0 Å². The zero-order chi connectivity index (χ0) is 15.0. The first kappa shape index (κ1) is 13.8. The summed E-state index contributed by atoms with van der Waals surface area (Å²) in [6.07, 6.45) is 2.00. The molecule has 2 unspecified atom stereocenters. The molecule has 110 valence electrons. The van der Waals surface area contributed by atoms with Crippen molar-refractivity contribution in [3.05, 3.63) is 47.8 Å². The number of rotatable bonds is 3. The largest absolute Gasteiger partial charge is 0.387 e. The van der Waals surface area contributed by atoms with Crippen LogP contribution in [0, 0.1) is 0 Å². The summed E-state index contributed by atoms with van der Waals surface area (Å²) >= 11 is 0. The van der Waals surface area contributed by atoms with Gasteiger partial charge in [-0.1, -0.05) is 18.2 Å². The van der Waals surface area contributed by atoms with E-state index in [0.717, 1.165) is 12.1 Å². The van der Waals surface area contributed by atoms with Gasteiger partial charge in [-0.15, -0.1) is 0 Å². The Kier molecular flexibility index (Phi) is 3.51. The molecule has 0 bridgehead atoms. The minimum absolute atomic E-state index is 0.0210. The Hall–Kier alpha value is -2.14. The molecule has 1 aliphatic rings. The summed E-state index contributed by atoms with van der Waals surface area (Å²) in [5.41, 5.74) is 2.79. The van der Waals surface area contributed by atoms with Crippen molar-refractivity contribution in [3.8, 4) is 0 Å². The van der Waals surface area contributed by atoms with Crippen molar-refractivity contribution < 1.29 is 9.90 Å². The number of para-hydroxylation sites is 1. The average Bonchev–Trinajstić information content (AvgIpc) is 3.01. The summed E-state index contributed by atoms with van der Waals surface area (Å²) in [6.45, 7) is 3.90. The Morgan fingerprint density at radius 2 is 2.19 bits per heavy atom. The molecule has 0 spiro atoms. The SMILES string of the molecule is CC(O)c1ccn(CC(=O)N2c3ccccc3CC2C)n1. The maximum Gasteiger partial charge on any atom is 0.248 e. The number of hydrogen-bond donors (Lipinski definition) is 1. The van der Waals surface area contributed by atoms with Gasteiger partial charge in [-0.25, -0.2) is 0 Å². The van der Waals surface area contributed by atoms with E-state index in [-0.39, 0.29) is 18.5 Å². The molecule has 1 amide bonds. The van der Waals surface area contributed by atoms with E-state index in [1.54, 1.807) is 23.9 Å². The first-order valence-corrected chi connectivity index (χ1v) is 7.17. The number of anilines is 1. The third kappa shape index (κ3) is 2.56. The van der Waals surface area contributed by atoms with E-state index < -0.39 is 6.10 Å². The molecule has 0 saturated carbocycles. The number of aliphatic hydroxyl groups is 1. The Bertz CT molecular complexity index is 663. The highest BCUT2D eigenvalue weighted by molar-refractivity contribution is 5.96. The number of benzene rings is 1. The lowest BCUT2D eigenvalue weighted by atomic mass is 10.1. The van der Waals surface area contributed by atoms with Crippen LogP contribution in [-0.4, -0.2) is 26.8 Å². The lowest BCUT2D eigenvalue weighted by Gasteiger charge is -2.22. The second-order valence-electron chi connectivity index (χ2n) is 5.56. The van der Waals surface area contributed by atoms with E-state index in [2.05, 4.69) is 18.1 Å². The van der Waals surface area contributed by atoms with Gasteiger partial charge in [0.25, 0.3) is 0 Å². The van der Waals surface area contributed by atoms with Crippen molar-refractivity contribution in [3.63, 3.8) is 0 Å². The molecule has 1 aromatic heterocycles. The first-order valence-electron chi connectivity index (χ1n) is 7.17. The highest BCUT2D eigenvalue weighted by Crippen LogP contribution is 2.31. The summed E-state index contributed by atoms with van der Waals surface area (Å²) in [6, 6.07) is 9.92. The smallest absolute Gasteiger partial charge is 0.248 e. The Morgan fingerprint density at radius 1 is 1.43 bits per heavy atom. The van der Waals surface area contributed by atoms with Crippen LogP contribution < -0.4 is 4.90 Å². The van der Waals surface area contributed by atoms with Crippen LogP contribution in [0.1, 0.15) is 31.2 Å². The Morgan fingerprint density at radius 3 is 2.90 bits per heavy atom. The summed E-state index contributed by atoms with van der Waals surface area (Å²) < 4.78 is 1.58. The van der Waals surface area contributed by atoms with Crippen LogP contribution in [0.25, 0.3) is 0 Å². The fourth-order valence-corrected chi connectivity index (χ4v) is 2.85. The van der Waals surface area contributed by atoms with E-state index in [0.29, 0.717) is 5.69 Å². The fourth-order valence-electron chi connectivity index (χ4n) is 2.85. The fraction of sp³-hybridized carbons (Fsp3) is 0.375. The van der Waals surface area contributed by atoms with Crippen molar-refractivity contribution in [1.82, 2.24) is 9.78 Å². The summed E-state index contributed by atoms with van der Waals surface area (Å²) in [7, 11) is 0. The maximum atomic E-state index is 12.6. The molecule has 5 heteroatoms. The van der Waals surface area contributed by atoms with Crippen LogP contribution in [0.4, 0.5) is 5.69 Å². The lowest BCUT2D eigenvalue weighted by molar-refractivity contribution is -0.119. The standard InChI is InChI=1S/C16H19N3O2/c1-11-9-13-5-3-4-6-15(13)19(11)16(21)10-18-8-7-14(17-18)12(2)20/h3-8,11-12,20H,9-10H2,1-2H3. The van der Waals surface area contributed by atoms with Gasteiger partial charge in [-0.3, -0.25) is 9.48 Å². The predicted molar refractivity (Wildman–Crippen MR) is 80.0 cm³/mol. The minimum Gasteiger partial charge on any atom is -0.387 e. The zero-order valence-electron chi connectivity index (χ0n) is 12.2. The number of carbonyl (C=O) groups is 1. The molecule has 0 saturated heterocycles. The van der Waals surface area contributed by atoms with E-state index in [4.69, 9.17) is 0 Å². The molecule has 1 N–H and O–H groups in total. The molecule has 3 rings (SSSR count). The van der Waals surface area contributed by atoms with Crippen molar-refractivity contribution in [2.45, 2.75) is 39.0 Å². The molecule has 1 aliphatic heterocycles. The number of fused-ring (bicyclic) bond motifs is 1. The zero-order valence-corrected chi connectivity index (χ0v) is 12.2. The molecule has 0 radical (unpaired) electrons. The van der Waals surface area contributed by atoms with Gasteiger partial charge in [-0.05, 0) is 38.0 Å². The van der Waals surface area contributed by atoms with Crippen LogP contribution in [0.2, 0.25) is 0 Å². The molecule has 2 aromatic rings. The molecule has 2 atom stereocenters. The molecule has 21 heavy (non-hydrogen) atoms. The second-order valence-corrected chi connectivity index (χ2v) is 5.56. The Balaban J connectivity index is 1.79. The number of amides is 1. The lowest BCUT2D eigenvalue weighted by Crippen LogP contribution is -2.38. The molecule has 5 nitrogen and oxygen atoms in total. The van der Waals surface area contributed by atoms with Gasteiger partial charge < -0.3 is 10.0 Å². The third-order valence-corrected chi connectivity index (χ3v) is 3.86. The second kappa shape index (κ2) is 5.33. The molecule has 1 aromatic carbocycles. The average molecular weight is 285 g/mol. The predicted octanol–water partition coefficient (Wildman–Crippen LogP) is 1.91. The van der Waals surface area contributed by atoms with Gasteiger partial charge in [0.15, 0.2) is 0 Å². The molecule has 2 heterocycles. The van der Waals surface area contributed by atoms with Gasteiger partial charge in [0.05, 0.1) is 11.8 Å². The topological polar surface area (TPSA) is 58.4 Å². The van der Waals surface area contributed by atoms with Crippen molar-refractivity contribution in [2.24, 2.45) is 0 Å².